The largest absolute Gasteiger partial charge is 0.488 e. The van der Waals surface area contributed by atoms with Gasteiger partial charge in [0.05, 0.1) is 0 Å². The van der Waals surface area contributed by atoms with E-state index < -0.39 is 12.9 Å². The summed E-state index contributed by atoms with van der Waals surface area (Å²) in [6.45, 7) is 0. The number of rotatable bonds is 4. The molecular weight excluding hydrogens is 266 g/mol. The molecule has 0 amide bonds. The minimum Gasteiger partial charge on any atom is -0.423 e. The Bertz CT molecular complexity index is 667. The number of hydrogen-bond donors (Lipinski definition) is 4. The van der Waals surface area contributed by atoms with Gasteiger partial charge in [-0.25, -0.2) is 4.39 Å². The Morgan fingerprint density at radius 3 is 2.85 bits per heavy atom. The van der Waals surface area contributed by atoms with Gasteiger partial charge in [-0.15, -0.1) is 10.2 Å². The highest BCUT2D eigenvalue weighted by Gasteiger charge is 2.13. The molecule has 8 nitrogen and oxygen atoms in total. The summed E-state index contributed by atoms with van der Waals surface area (Å²) in [6, 6.07) is 5.30. The second-order valence-electron chi connectivity index (χ2n) is 3.70. The minimum atomic E-state index is -1.79. The average Bonchev–Trinajstić information content (AvgIpc) is 2.93. The van der Waals surface area contributed by atoms with Crippen LogP contribution in [0.15, 0.2) is 24.4 Å². The molecule has 1 aromatic heterocycles. The van der Waals surface area contributed by atoms with Crippen molar-refractivity contribution in [3.63, 3.8) is 0 Å². The van der Waals surface area contributed by atoms with Crippen LogP contribution in [0.5, 0.6) is 0 Å². The lowest BCUT2D eigenvalue weighted by atomic mass is 9.80. The van der Waals surface area contributed by atoms with Crippen molar-refractivity contribution in [2.75, 3.05) is 5.32 Å². The first-order valence-electron chi connectivity index (χ1n) is 5.37. The van der Waals surface area contributed by atoms with Gasteiger partial charge in [-0.2, -0.15) is 10.5 Å². The maximum atomic E-state index is 13.3. The standard InChI is InChI=1S/C10H8BFN6O2/c12-8-1-7(11(19)20)2-9(3-8)14-5-6(4-13)10-15-17-18-16-10/h1-3,5,14,19-20H,(H,15,16,17,18). The second-order valence-corrected chi connectivity index (χ2v) is 3.70. The summed E-state index contributed by atoms with van der Waals surface area (Å²) in [5, 5.41) is 42.4. The lowest BCUT2D eigenvalue weighted by molar-refractivity contribution is 0.425. The van der Waals surface area contributed by atoms with Gasteiger partial charge in [0.2, 0.25) is 5.82 Å². The topological polar surface area (TPSA) is 131 Å². The van der Waals surface area contributed by atoms with Gasteiger partial charge in [-0.1, -0.05) is 0 Å². The molecule has 1 heterocycles. The van der Waals surface area contributed by atoms with Crippen molar-refractivity contribution in [3.05, 3.63) is 36.0 Å². The molecule has 0 radical (unpaired) electrons. The van der Waals surface area contributed by atoms with Crippen LogP contribution in [0.25, 0.3) is 5.57 Å². The van der Waals surface area contributed by atoms with E-state index in [0.717, 1.165) is 12.1 Å². The van der Waals surface area contributed by atoms with Crippen molar-refractivity contribution in [2.45, 2.75) is 0 Å². The Hall–Kier alpha value is -2.77. The number of benzene rings is 1. The Kier molecular flexibility index (Phi) is 4.04. The normalized spacial score (nSPS) is 11.0. The van der Waals surface area contributed by atoms with E-state index in [4.69, 9.17) is 15.3 Å². The van der Waals surface area contributed by atoms with Crippen LogP contribution in [0.4, 0.5) is 10.1 Å². The molecule has 0 aliphatic carbocycles. The fourth-order valence-electron chi connectivity index (χ4n) is 1.42. The van der Waals surface area contributed by atoms with Crippen molar-refractivity contribution >= 4 is 23.8 Å². The Balaban J connectivity index is 2.24. The lowest BCUT2D eigenvalue weighted by Gasteiger charge is -2.05. The first-order valence-corrected chi connectivity index (χ1v) is 5.37. The number of nitriles is 1. The molecule has 0 spiro atoms. The molecule has 0 saturated heterocycles. The number of tetrazole rings is 1. The fraction of sp³-hybridized carbons (Fsp3) is 0. The number of hydrogen-bond acceptors (Lipinski definition) is 7. The highest BCUT2D eigenvalue weighted by Crippen LogP contribution is 2.11. The van der Waals surface area contributed by atoms with Gasteiger partial charge in [0.1, 0.15) is 17.5 Å². The molecule has 100 valence electrons. The van der Waals surface area contributed by atoms with Crippen LogP contribution in [-0.4, -0.2) is 37.8 Å². The zero-order valence-electron chi connectivity index (χ0n) is 9.95. The summed E-state index contributed by atoms with van der Waals surface area (Å²) in [5.74, 6) is -0.566. The number of anilines is 1. The van der Waals surface area contributed by atoms with Crippen LogP contribution < -0.4 is 10.8 Å². The number of nitrogens with one attached hydrogen (secondary N) is 2. The Labute approximate surface area is 112 Å². The zero-order valence-corrected chi connectivity index (χ0v) is 9.95. The second kappa shape index (κ2) is 5.92. The third-order valence-electron chi connectivity index (χ3n) is 2.31. The third-order valence-corrected chi connectivity index (χ3v) is 2.31. The molecule has 0 atom stereocenters. The quantitative estimate of drug-likeness (QED) is 0.415. The number of aromatic amines is 1. The highest BCUT2D eigenvalue weighted by atomic mass is 19.1. The summed E-state index contributed by atoms with van der Waals surface area (Å²) in [4.78, 5) is 0. The van der Waals surface area contributed by atoms with Crippen molar-refractivity contribution in [2.24, 2.45) is 0 Å². The molecule has 0 aliphatic heterocycles. The van der Waals surface area contributed by atoms with Gasteiger partial charge in [0, 0.05) is 11.9 Å². The molecule has 0 saturated carbocycles. The molecule has 2 rings (SSSR count). The molecule has 2 aromatic rings. The number of halogens is 1. The van der Waals surface area contributed by atoms with E-state index in [2.05, 4.69) is 25.9 Å². The smallest absolute Gasteiger partial charge is 0.423 e. The number of nitrogens with zero attached hydrogens (tertiary/aromatic N) is 4. The van der Waals surface area contributed by atoms with Crippen molar-refractivity contribution < 1.29 is 14.4 Å². The maximum Gasteiger partial charge on any atom is 0.488 e. The highest BCUT2D eigenvalue weighted by molar-refractivity contribution is 6.58. The molecule has 0 aliphatic rings. The van der Waals surface area contributed by atoms with Crippen LogP contribution >= 0.6 is 0 Å². The third kappa shape index (κ3) is 3.16. The molecule has 0 bridgehead atoms. The minimum absolute atomic E-state index is 0.0148. The maximum absolute atomic E-state index is 13.3. The molecular formula is C10H8BFN6O2. The molecule has 0 fully saturated rings. The van der Waals surface area contributed by atoms with Gasteiger partial charge in [0.15, 0.2) is 0 Å². The average molecular weight is 274 g/mol. The molecule has 0 unspecified atom stereocenters. The van der Waals surface area contributed by atoms with E-state index in [9.17, 15) is 4.39 Å². The number of aromatic nitrogens is 4. The SMILES string of the molecule is N#CC(=CNc1cc(F)cc(B(O)O)c1)c1nn[nH]n1. The van der Waals surface area contributed by atoms with Crippen LogP contribution in [0.2, 0.25) is 0 Å². The number of H-pyrrole nitrogens is 1. The van der Waals surface area contributed by atoms with Crippen molar-refractivity contribution in [1.82, 2.24) is 20.6 Å². The first kappa shape index (κ1) is 13.7. The summed E-state index contributed by atoms with van der Waals surface area (Å²) < 4.78 is 13.3. The predicted molar refractivity (Wildman–Crippen MR) is 67.6 cm³/mol. The monoisotopic (exact) mass is 274 g/mol. The van der Waals surface area contributed by atoms with Crippen molar-refractivity contribution in [3.8, 4) is 6.07 Å². The predicted octanol–water partition coefficient (Wildman–Crippen LogP) is -1.00. The summed E-state index contributed by atoms with van der Waals surface area (Å²) in [6.07, 6.45) is 1.26. The Morgan fingerprint density at radius 1 is 1.45 bits per heavy atom. The van der Waals surface area contributed by atoms with Crippen LogP contribution in [0.1, 0.15) is 5.82 Å². The number of allylic oxidation sites excluding steroid dienone is 1. The van der Waals surface area contributed by atoms with E-state index in [1.54, 1.807) is 0 Å². The Morgan fingerprint density at radius 2 is 2.25 bits per heavy atom. The fourth-order valence-corrected chi connectivity index (χ4v) is 1.42. The summed E-state index contributed by atoms with van der Waals surface area (Å²) in [7, 11) is -1.79. The van der Waals surface area contributed by atoms with Crippen molar-refractivity contribution in [1.29, 1.82) is 5.26 Å². The van der Waals surface area contributed by atoms with Crippen LogP contribution in [0.3, 0.4) is 0 Å². The van der Waals surface area contributed by atoms with Crippen LogP contribution in [-0.2, 0) is 0 Å². The van der Waals surface area contributed by atoms with Crippen LogP contribution in [0, 0.1) is 17.1 Å². The van der Waals surface area contributed by atoms with Gasteiger partial charge in [0.25, 0.3) is 0 Å². The van der Waals surface area contributed by atoms with E-state index >= 15 is 0 Å². The van der Waals surface area contributed by atoms with Gasteiger partial charge in [-0.05, 0) is 28.9 Å². The van der Waals surface area contributed by atoms with E-state index in [1.807, 2.05) is 6.07 Å². The van der Waals surface area contributed by atoms with E-state index in [0.29, 0.717) is 0 Å². The molecule has 20 heavy (non-hydrogen) atoms. The zero-order chi connectivity index (χ0) is 14.5. The summed E-state index contributed by atoms with van der Waals surface area (Å²) in [5.41, 5.74) is 0.303. The molecule has 10 heteroatoms. The summed E-state index contributed by atoms with van der Waals surface area (Å²) >= 11 is 0. The lowest BCUT2D eigenvalue weighted by Crippen LogP contribution is -2.30. The van der Waals surface area contributed by atoms with Gasteiger partial charge < -0.3 is 15.4 Å². The molecule has 4 N–H and O–H groups in total. The van der Waals surface area contributed by atoms with E-state index in [-0.39, 0.29) is 22.5 Å². The first-order chi connectivity index (χ1) is 9.60. The van der Waals surface area contributed by atoms with Gasteiger partial charge >= 0.3 is 7.12 Å². The molecule has 1 aromatic carbocycles. The van der Waals surface area contributed by atoms with Gasteiger partial charge in [-0.3, -0.25) is 0 Å². The van der Waals surface area contributed by atoms with E-state index in [1.165, 1.54) is 12.3 Å².